The quantitative estimate of drug-likeness (QED) is 0.482. The third-order valence-corrected chi connectivity index (χ3v) is 7.09. The maximum absolute atomic E-state index is 13.5. The van der Waals surface area contributed by atoms with Crippen LogP contribution in [-0.2, 0) is 10.0 Å². The van der Waals surface area contributed by atoms with E-state index < -0.39 is 15.8 Å². The monoisotopic (exact) mass is 402 g/mol. The highest BCUT2D eigenvalue weighted by Gasteiger charge is 2.29. The topological polar surface area (TPSA) is 82.6 Å². The number of thioether (sulfide) groups is 1. The third-order valence-electron chi connectivity index (χ3n) is 4.26. The molecular weight excluding hydrogens is 375 g/mol. The van der Waals surface area contributed by atoms with E-state index in [1.807, 2.05) is 11.8 Å². The first-order valence-corrected chi connectivity index (χ1v) is 11.2. The summed E-state index contributed by atoms with van der Waals surface area (Å²) >= 11 is 1.95. The summed E-state index contributed by atoms with van der Waals surface area (Å²) in [4.78, 5) is 4.13. The average molecular weight is 403 g/mol. The van der Waals surface area contributed by atoms with Gasteiger partial charge in [-0.15, -0.1) is 0 Å². The standard InChI is InChI=1S/C17H27FN4O2S2/c1-13-5-6-14(11-15(13)18)22-26(23,24)10-8-20-16(19-3)21-12-17(2)7-4-9-25-17/h5-6,11,22H,4,7-10,12H2,1-3H3,(H2,19,20,21). The zero-order valence-electron chi connectivity index (χ0n) is 15.4. The van der Waals surface area contributed by atoms with E-state index in [0.717, 1.165) is 13.0 Å². The molecule has 0 amide bonds. The van der Waals surface area contributed by atoms with Gasteiger partial charge in [-0.1, -0.05) is 6.07 Å². The van der Waals surface area contributed by atoms with E-state index in [1.165, 1.54) is 18.2 Å². The molecule has 1 fully saturated rings. The molecule has 146 valence electrons. The molecule has 0 saturated carbocycles. The van der Waals surface area contributed by atoms with Gasteiger partial charge in [0.2, 0.25) is 10.0 Å². The lowest BCUT2D eigenvalue weighted by Crippen LogP contribution is -2.45. The van der Waals surface area contributed by atoms with E-state index >= 15 is 0 Å². The number of aryl methyl sites for hydroxylation is 1. The SMILES string of the molecule is CN=C(NCCS(=O)(=O)Nc1ccc(C)c(F)c1)NCC1(C)CCCS1. The molecule has 1 aromatic carbocycles. The summed E-state index contributed by atoms with van der Waals surface area (Å²) in [5.74, 6) is 1.17. The number of nitrogens with zero attached hydrogens (tertiary/aromatic N) is 1. The van der Waals surface area contributed by atoms with Crippen molar-refractivity contribution in [1.82, 2.24) is 10.6 Å². The summed E-state index contributed by atoms with van der Waals surface area (Å²) in [6.07, 6.45) is 2.38. The smallest absolute Gasteiger partial charge is 0.234 e. The summed E-state index contributed by atoms with van der Waals surface area (Å²) in [7, 11) is -1.92. The first-order chi connectivity index (χ1) is 12.2. The number of hydrogen-bond acceptors (Lipinski definition) is 4. The van der Waals surface area contributed by atoms with Gasteiger partial charge in [0.15, 0.2) is 5.96 Å². The van der Waals surface area contributed by atoms with Crippen molar-refractivity contribution in [3.63, 3.8) is 0 Å². The van der Waals surface area contributed by atoms with Gasteiger partial charge in [-0.3, -0.25) is 9.71 Å². The van der Waals surface area contributed by atoms with Gasteiger partial charge in [-0.2, -0.15) is 11.8 Å². The zero-order chi connectivity index (χ0) is 19.2. The zero-order valence-corrected chi connectivity index (χ0v) is 17.1. The molecule has 1 atom stereocenters. The number of anilines is 1. The van der Waals surface area contributed by atoms with Crippen molar-refractivity contribution in [2.75, 3.05) is 36.4 Å². The highest BCUT2D eigenvalue weighted by Crippen LogP contribution is 2.36. The maximum atomic E-state index is 13.5. The molecule has 1 aliphatic heterocycles. The fourth-order valence-electron chi connectivity index (χ4n) is 2.66. The minimum atomic E-state index is -3.58. The molecular formula is C17H27FN4O2S2. The Bertz CT molecular complexity index is 747. The molecule has 0 aliphatic carbocycles. The summed E-state index contributed by atoms with van der Waals surface area (Å²) in [5.41, 5.74) is 0.695. The summed E-state index contributed by atoms with van der Waals surface area (Å²) in [6.45, 7) is 4.83. The Labute approximate surface area is 159 Å². The molecule has 0 spiro atoms. The molecule has 3 N–H and O–H groups in total. The van der Waals surface area contributed by atoms with E-state index in [0.29, 0.717) is 11.5 Å². The molecule has 9 heteroatoms. The van der Waals surface area contributed by atoms with Crippen LogP contribution in [0.5, 0.6) is 0 Å². The van der Waals surface area contributed by atoms with Crippen molar-refractivity contribution in [1.29, 1.82) is 0 Å². The second-order valence-corrected chi connectivity index (χ2v) is 10.2. The minimum absolute atomic E-state index is 0.144. The van der Waals surface area contributed by atoms with Gasteiger partial charge in [0.25, 0.3) is 0 Å². The van der Waals surface area contributed by atoms with Crippen molar-refractivity contribution in [2.45, 2.75) is 31.4 Å². The Morgan fingerprint density at radius 1 is 1.38 bits per heavy atom. The Kier molecular flexibility index (Phi) is 7.16. The number of nitrogens with one attached hydrogen (secondary N) is 3. The predicted molar refractivity (Wildman–Crippen MR) is 108 cm³/mol. The van der Waals surface area contributed by atoms with Crippen LogP contribution < -0.4 is 15.4 Å². The van der Waals surface area contributed by atoms with Crippen LogP contribution in [0.3, 0.4) is 0 Å². The summed E-state index contributed by atoms with van der Waals surface area (Å²) in [6, 6.07) is 4.27. The van der Waals surface area contributed by atoms with Crippen molar-refractivity contribution in [3.8, 4) is 0 Å². The van der Waals surface area contributed by atoms with Crippen molar-refractivity contribution < 1.29 is 12.8 Å². The van der Waals surface area contributed by atoms with Crippen molar-refractivity contribution in [2.24, 2.45) is 4.99 Å². The van der Waals surface area contributed by atoms with Gasteiger partial charge in [-0.05, 0) is 50.1 Å². The van der Waals surface area contributed by atoms with Crippen molar-refractivity contribution >= 4 is 33.4 Å². The molecule has 1 aromatic rings. The van der Waals surface area contributed by atoms with Crippen LogP contribution in [-0.4, -0.2) is 50.8 Å². The summed E-state index contributed by atoms with van der Waals surface area (Å²) < 4.78 is 40.4. The predicted octanol–water partition coefficient (Wildman–Crippen LogP) is 2.33. The fourth-order valence-corrected chi connectivity index (χ4v) is 4.86. The van der Waals surface area contributed by atoms with Gasteiger partial charge in [0, 0.05) is 24.9 Å². The maximum Gasteiger partial charge on any atom is 0.234 e. The van der Waals surface area contributed by atoms with Crippen LogP contribution in [0.15, 0.2) is 23.2 Å². The Morgan fingerprint density at radius 3 is 2.77 bits per heavy atom. The Balaban J connectivity index is 1.79. The number of sulfonamides is 1. The summed E-state index contributed by atoms with van der Waals surface area (Å²) in [5, 5.41) is 6.26. The van der Waals surface area contributed by atoms with Gasteiger partial charge in [-0.25, -0.2) is 12.8 Å². The molecule has 0 radical (unpaired) electrons. The number of halogens is 1. The largest absolute Gasteiger partial charge is 0.355 e. The van der Waals surface area contributed by atoms with Gasteiger partial charge in [0.1, 0.15) is 5.82 Å². The highest BCUT2D eigenvalue weighted by atomic mass is 32.2. The van der Waals surface area contributed by atoms with E-state index in [-0.39, 0.29) is 22.7 Å². The first-order valence-electron chi connectivity index (χ1n) is 8.58. The Hall–Kier alpha value is -1.48. The van der Waals surface area contributed by atoms with Crippen LogP contribution in [0.1, 0.15) is 25.3 Å². The Morgan fingerprint density at radius 2 is 2.15 bits per heavy atom. The molecule has 26 heavy (non-hydrogen) atoms. The second-order valence-electron chi connectivity index (χ2n) is 6.64. The second kappa shape index (κ2) is 8.94. The molecule has 1 aliphatic rings. The first kappa shape index (κ1) is 20.8. The number of rotatable bonds is 7. The molecule has 1 saturated heterocycles. The minimum Gasteiger partial charge on any atom is -0.355 e. The highest BCUT2D eigenvalue weighted by molar-refractivity contribution is 8.00. The van der Waals surface area contributed by atoms with E-state index in [4.69, 9.17) is 0 Å². The van der Waals surface area contributed by atoms with Crippen LogP contribution >= 0.6 is 11.8 Å². The lowest BCUT2D eigenvalue weighted by molar-refractivity contribution is 0.584. The van der Waals surface area contributed by atoms with Gasteiger partial charge < -0.3 is 10.6 Å². The lowest BCUT2D eigenvalue weighted by atomic mass is 10.1. The normalized spacial score (nSPS) is 20.8. The number of aliphatic imine (C=N–C) groups is 1. The molecule has 1 unspecified atom stereocenters. The molecule has 2 rings (SSSR count). The van der Waals surface area contributed by atoms with Crippen molar-refractivity contribution in [3.05, 3.63) is 29.6 Å². The van der Waals surface area contributed by atoms with E-state index in [9.17, 15) is 12.8 Å². The van der Waals surface area contributed by atoms with Crippen LogP contribution in [0.2, 0.25) is 0 Å². The number of hydrogen-bond donors (Lipinski definition) is 3. The van der Waals surface area contributed by atoms with Gasteiger partial charge >= 0.3 is 0 Å². The molecule has 0 aromatic heterocycles. The van der Waals surface area contributed by atoms with Crippen LogP contribution in [0.4, 0.5) is 10.1 Å². The molecule has 0 bridgehead atoms. The third kappa shape index (κ3) is 6.35. The lowest BCUT2D eigenvalue weighted by Gasteiger charge is -2.24. The molecule has 6 nitrogen and oxygen atoms in total. The fraction of sp³-hybridized carbons (Fsp3) is 0.588. The van der Waals surface area contributed by atoms with Crippen LogP contribution in [0.25, 0.3) is 0 Å². The average Bonchev–Trinajstić information content (AvgIpc) is 3.01. The number of guanidine groups is 1. The van der Waals surface area contributed by atoms with Crippen LogP contribution in [0, 0.1) is 12.7 Å². The molecule has 1 heterocycles. The van der Waals surface area contributed by atoms with Gasteiger partial charge in [0.05, 0.1) is 11.4 Å². The number of benzene rings is 1. The van der Waals surface area contributed by atoms with E-state index in [2.05, 4.69) is 27.3 Å². The van der Waals surface area contributed by atoms with E-state index in [1.54, 1.807) is 26.1 Å².